The minimum Gasteiger partial charge on any atom is -0.361 e. The van der Waals surface area contributed by atoms with Gasteiger partial charge >= 0.3 is 0 Å². The Morgan fingerprint density at radius 3 is 2.39 bits per heavy atom. The van der Waals surface area contributed by atoms with Crippen molar-refractivity contribution >= 4 is 5.91 Å². The van der Waals surface area contributed by atoms with Gasteiger partial charge in [0.15, 0.2) is 0 Å². The number of hydrogen-bond acceptors (Lipinski definition) is 4. The number of amides is 1. The molecule has 0 aromatic carbocycles. The summed E-state index contributed by atoms with van der Waals surface area (Å²) in [5.74, 6) is 0.388. The molecule has 100 valence electrons. The molecule has 0 bridgehead atoms. The molecule has 18 heavy (non-hydrogen) atoms. The van der Waals surface area contributed by atoms with Gasteiger partial charge in [-0.1, -0.05) is 32.9 Å². The van der Waals surface area contributed by atoms with E-state index in [4.69, 9.17) is 10.3 Å². The van der Waals surface area contributed by atoms with E-state index in [0.717, 1.165) is 0 Å². The number of rotatable bonds is 2. The number of hydrogen-bond donors (Lipinski definition) is 2. The molecule has 0 atom stereocenters. The lowest BCUT2D eigenvalue weighted by molar-refractivity contribution is -0.0663. The summed E-state index contributed by atoms with van der Waals surface area (Å²) in [4.78, 5) is 12.2. The molecule has 1 saturated carbocycles. The van der Waals surface area contributed by atoms with Gasteiger partial charge in [0.05, 0.1) is 6.20 Å². The Hall–Kier alpha value is -1.36. The number of nitrogens with zero attached hydrogens (tertiary/aromatic N) is 1. The van der Waals surface area contributed by atoms with Crippen molar-refractivity contribution < 1.29 is 9.32 Å². The highest BCUT2D eigenvalue weighted by molar-refractivity contribution is 5.95. The first-order valence-electron chi connectivity index (χ1n) is 6.16. The van der Waals surface area contributed by atoms with Crippen molar-refractivity contribution in [1.82, 2.24) is 10.5 Å². The summed E-state index contributed by atoms with van der Waals surface area (Å²) in [5.41, 5.74) is 6.44. The van der Waals surface area contributed by atoms with Gasteiger partial charge in [-0.05, 0) is 6.92 Å². The molecule has 1 aromatic heterocycles. The van der Waals surface area contributed by atoms with Crippen LogP contribution in [0.15, 0.2) is 10.7 Å². The van der Waals surface area contributed by atoms with Crippen LogP contribution in [0.25, 0.3) is 0 Å². The monoisotopic (exact) mass is 251 g/mol. The Morgan fingerprint density at radius 1 is 1.39 bits per heavy atom. The van der Waals surface area contributed by atoms with Crippen LogP contribution >= 0.6 is 0 Å². The van der Waals surface area contributed by atoms with E-state index in [1.54, 1.807) is 6.92 Å². The van der Waals surface area contributed by atoms with E-state index in [1.807, 2.05) is 0 Å². The number of carbonyl (C=O) groups excluding carboxylic acids is 1. The van der Waals surface area contributed by atoms with Gasteiger partial charge in [-0.15, -0.1) is 0 Å². The third-order valence-electron chi connectivity index (χ3n) is 4.36. The second-order valence-electron chi connectivity index (χ2n) is 6.32. The second-order valence-corrected chi connectivity index (χ2v) is 6.32. The lowest BCUT2D eigenvalue weighted by Crippen LogP contribution is -2.76. The van der Waals surface area contributed by atoms with E-state index >= 15 is 0 Å². The Kier molecular flexibility index (Phi) is 2.77. The lowest BCUT2D eigenvalue weighted by Gasteiger charge is -2.62. The Balaban J connectivity index is 2.16. The topological polar surface area (TPSA) is 81.2 Å². The van der Waals surface area contributed by atoms with Crippen molar-refractivity contribution in [1.29, 1.82) is 0 Å². The fourth-order valence-electron chi connectivity index (χ4n) is 3.28. The van der Waals surface area contributed by atoms with E-state index in [-0.39, 0.29) is 28.8 Å². The van der Waals surface area contributed by atoms with Crippen molar-refractivity contribution in [3.63, 3.8) is 0 Å². The SMILES string of the molecule is Cc1oncc1C(=O)NC1C(C)(C)C(N)C1(C)C. The zero-order valence-electron chi connectivity index (χ0n) is 11.6. The molecule has 0 radical (unpaired) electrons. The lowest BCUT2D eigenvalue weighted by atomic mass is 9.48. The maximum atomic E-state index is 12.2. The normalized spacial score (nSPS) is 28.6. The molecular formula is C13H21N3O2. The van der Waals surface area contributed by atoms with Crippen molar-refractivity contribution in [2.24, 2.45) is 16.6 Å². The van der Waals surface area contributed by atoms with Crippen LogP contribution in [-0.2, 0) is 0 Å². The summed E-state index contributed by atoms with van der Waals surface area (Å²) in [6.07, 6.45) is 1.45. The fourth-order valence-corrected chi connectivity index (χ4v) is 3.28. The molecule has 2 rings (SSSR count). The van der Waals surface area contributed by atoms with Gasteiger partial charge in [0.2, 0.25) is 0 Å². The summed E-state index contributed by atoms with van der Waals surface area (Å²) in [6.45, 7) is 10.0. The molecular weight excluding hydrogens is 230 g/mol. The Labute approximate surface area is 107 Å². The van der Waals surface area contributed by atoms with Crippen LogP contribution in [0.5, 0.6) is 0 Å². The molecule has 0 unspecified atom stereocenters. The molecule has 0 saturated heterocycles. The van der Waals surface area contributed by atoms with Crippen LogP contribution in [-0.4, -0.2) is 23.1 Å². The first-order chi connectivity index (χ1) is 8.19. The van der Waals surface area contributed by atoms with Gasteiger partial charge < -0.3 is 15.6 Å². The number of carbonyl (C=O) groups is 1. The van der Waals surface area contributed by atoms with Gasteiger partial charge in [-0.25, -0.2) is 0 Å². The largest absolute Gasteiger partial charge is 0.361 e. The highest BCUT2D eigenvalue weighted by atomic mass is 16.5. The maximum Gasteiger partial charge on any atom is 0.256 e. The molecule has 1 heterocycles. The van der Waals surface area contributed by atoms with E-state index in [0.29, 0.717) is 11.3 Å². The minimum atomic E-state index is -0.146. The molecule has 1 aromatic rings. The molecule has 1 amide bonds. The molecule has 5 nitrogen and oxygen atoms in total. The summed E-state index contributed by atoms with van der Waals surface area (Å²) in [7, 11) is 0. The summed E-state index contributed by atoms with van der Waals surface area (Å²) < 4.78 is 4.91. The number of nitrogens with two attached hydrogens (primary N) is 1. The minimum absolute atomic E-state index is 0.0433. The van der Waals surface area contributed by atoms with Crippen molar-refractivity contribution in [2.75, 3.05) is 0 Å². The van der Waals surface area contributed by atoms with Crippen molar-refractivity contribution in [3.8, 4) is 0 Å². The third kappa shape index (κ3) is 1.65. The standard InChI is InChI=1S/C13H21N3O2/c1-7-8(6-15-18-7)9(17)16-11-12(2,3)10(14)13(11,4)5/h6,10-11H,14H2,1-5H3,(H,16,17). The van der Waals surface area contributed by atoms with Gasteiger partial charge in [0.1, 0.15) is 11.3 Å². The molecule has 1 aliphatic carbocycles. The van der Waals surface area contributed by atoms with Crippen LogP contribution in [0, 0.1) is 17.8 Å². The number of aryl methyl sites for hydroxylation is 1. The zero-order valence-corrected chi connectivity index (χ0v) is 11.6. The molecule has 0 aliphatic heterocycles. The maximum absolute atomic E-state index is 12.2. The highest BCUT2D eigenvalue weighted by Gasteiger charge is 2.60. The summed E-state index contributed by atoms with van der Waals surface area (Å²) >= 11 is 0. The van der Waals surface area contributed by atoms with E-state index in [2.05, 4.69) is 38.2 Å². The number of aromatic nitrogens is 1. The third-order valence-corrected chi connectivity index (χ3v) is 4.36. The predicted molar refractivity (Wildman–Crippen MR) is 68.0 cm³/mol. The summed E-state index contributed by atoms with van der Waals surface area (Å²) in [6, 6.07) is 0.112. The van der Waals surface area contributed by atoms with Crippen LogP contribution in [0.2, 0.25) is 0 Å². The average Bonchev–Trinajstić information content (AvgIpc) is 2.70. The Bertz CT molecular complexity index is 460. The highest BCUT2D eigenvalue weighted by Crippen LogP contribution is 2.52. The van der Waals surface area contributed by atoms with Gasteiger partial charge in [0.25, 0.3) is 5.91 Å². The van der Waals surface area contributed by atoms with Crippen LogP contribution < -0.4 is 11.1 Å². The van der Waals surface area contributed by atoms with Gasteiger partial charge in [-0.2, -0.15) is 0 Å². The molecule has 3 N–H and O–H groups in total. The zero-order chi connectivity index (χ0) is 13.7. The van der Waals surface area contributed by atoms with Crippen molar-refractivity contribution in [3.05, 3.63) is 17.5 Å². The van der Waals surface area contributed by atoms with Crippen LogP contribution in [0.3, 0.4) is 0 Å². The van der Waals surface area contributed by atoms with Crippen LogP contribution in [0.1, 0.15) is 43.8 Å². The van der Waals surface area contributed by atoms with E-state index in [1.165, 1.54) is 6.20 Å². The molecule has 1 aliphatic rings. The first kappa shape index (κ1) is 13.1. The van der Waals surface area contributed by atoms with Crippen molar-refractivity contribution in [2.45, 2.75) is 46.7 Å². The van der Waals surface area contributed by atoms with Gasteiger partial charge in [0, 0.05) is 22.9 Å². The average molecular weight is 251 g/mol. The smallest absolute Gasteiger partial charge is 0.256 e. The Morgan fingerprint density at radius 2 is 1.94 bits per heavy atom. The predicted octanol–water partition coefficient (Wildman–Crippen LogP) is 1.47. The molecule has 0 spiro atoms. The van der Waals surface area contributed by atoms with E-state index < -0.39 is 0 Å². The fraction of sp³-hybridized carbons (Fsp3) is 0.692. The summed E-state index contributed by atoms with van der Waals surface area (Å²) in [5, 5.41) is 6.67. The quantitative estimate of drug-likeness (QED) is 0.834. The van der Waals surface area contributed by atoms with Gasteiger partial charge in [-0.3, -0.25) is 4.79 Å². The van der Waals surface area contributed by atoms with E-state index in [9.17, 15) is 4.79 Å². The molecule has 1 fully saturated rings. The first-order valence-corrected chi connectivity index (χ1v) is 6.16. The number of nitrogens with one attached hydrogen (secondary N) is 1. The second kappa shape index (κ2) is 3.82. The van der Waals surface area contributed by atoms with Crippen LogP contribution in [0.4, 0.5) is 0 Å². The molecule has 5 heteroatoms.